The van der Waals surface area contributed by atoms with Gasteiger partial charge in [0.25, 0.3) is 5.91 Å². The van der Waals surface area contributed by atoms with Crippen LogP contribution in [0.25, 0.3) is 10.9 Å². The number of hydrogen-bond acceptors (Lipinski definition) is 3. The molecule has 0 unspecified atom stereocenters. The summed E-state index contributed by atoms with van der Waals surface area (Å²) >= 11 is 6.14. The van der Waals surface area contributed by atoms with Crippen molar-refractivity contribution >= 4 is 28.4 Å². The fourth-order valence-corrected chi connectivity index (χ4v) is 3.68. The molecule has 0 spiro atoms. The molecule has 9 heteroatoms. The van der Waals surface area contributed by atoms with Gasteiger partial charge in [-0.25, -0.2) is 4.39 Å². The molecule has 1 atom stereocenters. The number of fused-ring (bicyclic) bond motifs is 1. The summed E-state index contributed by atoms with van der Waals surface area (Å²) in [4.78, 5) is 21.2. The van der Waals surface area contributed by atoms with Crippen LogP contribution < -0.4 is 5.32 Å². The predicted molar refractivity (Wildman–Crippen MR) is 117 cm³/mol. The van der Waals surface area contributed by atoms with E-state index in [1.165, 1.54) is 54.9 Å². The second-order valence-corrected chi connectivity index (χ2v) is 7.65. The molecule has 0 aliphatic carbocycles. The van der Waals surface area contributed by atoms with E-state index in [9.17, 15) is 22.4 Å². The minimum atomic E-state index is -4.69. The lowest BCUT2D eigenvalue weighted by Gasteiger charge is -2.22. The van der Waals surface area contributed by atoms with Crippen molar-refractivity contribution in [3.8, 4) is 0 Å². The second-order valence-electron chi connectivity index (χ2n) is 7.24. The Bertz CT molecular complexity index is 1310. The molecule has 0 aliphatic rings. The molecule has 4 aromatic rings. The SMILES string of the molecule is O=C(N[C@@H](c1ccc(CF)cc1)c1ncccc1C(F)(F)F)c1ccc2c(Cl)ccnc2c1. The van der Waals surface area contributed by atoms with Gasteiger partial charge in [-0.05, 0) is 41.5 Å². The number of carbonyl (C=O) groups excluding carboxylic acids is 1. The van der Waals surface area contributed by atoms with Gasteiger partial charge >= 0.3 is 6.18 Å². The van der Waals surface area contributed by atoms with Crippen molar-refractivity contribution in [2.24, 2.45) is 0 Å². The molecule has 1 N–H and O–H groups in total. The third-order valence-electron chi connectivity index (χ3n) is 5.11. The minimum absolute atomic E-state index is 0.187. The highest BCUT2D eigenvalue weighted by molar-refractivity contribution is 6.35. The van der Waals surface area contributed by atoms with E-state index in [1.807, 2.05) is 0 Å². The molecule has 2 aromatic heterocycles. The molecule has 33 heavy (non-hydrogen) atoms. The van der Waals surface area contributed by atoms with Crippen LogP contribution in [-0.4, -0.2) is 15.9 Å². The third kappa shape index (κ3) is 4.80. The highest BCUT2D eigenvalue weighted by Gasteiger charge is 2.37. The van der Waals surface area contributed by atoms with Crippen LogP contribution in [0, 0.1) is 0 Å². The van der Waals surface area contributed by atoms with Crippen molar-refractivity contribution in [1.29, 1.82) is 0 Å². The molecule has 0 aliphatic heterocycles. The maximum absolute atomic E-state index is 13.7. The van der Waals surface area contributed by atoms with E-state index in [1.54, 1.807) is 12.1 Å². The lowest BCUT2D eigenvalue weighted by Crippen LogP contribution is -2.31. The van der Waals surface area contributed by atoms with Crippen LogP contribution in [0.5, 0.6) is 0 Å². The monoisotopic (exact) mass is 473 g/mol. The van der Waals surface area contributed by atoms with Crippen LogP contribution in [-0.2, 0) is 12.9 Å². The number of amides is 1. The summed E-state index contributed by atoms with van der Waals surface area (Å²) in [6, 6.07) is 12.9. The van der Waals surface area contributed by atoms with Gasteiger partial charge in [0.15, 0.2) is 0 Å². The van der Waals surface area contributed by atoms with Crippen LogP contribution in [0.15, 0.2) is 73.1 Å². The first kappa shape index (κ1) is 22.7. The summed E-state index contributed by atoms with van der Waals surface area (Å²) in [5, 5.41) is 3.74. The Morgan fingerprint density at radius 3 is 2.45 bits per heavy atom. The fourth-order valence-electron chi connectivity index (χ4n) is 3.46. The van der Waals surface area contributed by atoms with Gasteiger partial charge in [-0.2, -0.15) is 13.2 Å². The topological polar surface area (TPSA) is 54.9 Å². The lowest BCUT2D eigenvalue weighted by atomic mass is 9.97. The third-order valence-corrected chi connectivity index (χ3v) is 5.44. The minimum Gasteiger partial charge on any atom is -0.340 e. The van der Waals surface area contributed by atoms with Crippen molar-refractivity contribution in [3.05, 3.63) is 106 Å². The Morgan fingerprint density at radius 1 is 1.00 bits per heavy atom. The van der Waals surface area contributed by atoms with Crippen molar-refractivity contribution in [2.45, 2.75) is 18.9 Å². The van der Waals surface area contributed by atoms with Crippen LogP contribution in [0.4, 0.5) is 17.6 Å². The van der Waals surface area contributed by atoms with E-state index in [0.717, 1.165) is 6.07 Å². The molecule has 2 aromatic carbocycles. The molecule has 168 valence electrons. The molecule has 2 heterocycles. The van der Waals surface area contributed by atoms with E-state index in [4.69, 9.17) is 11.6 Å². The number of pyridine rings is 2. The summed E-state index contributed by atoms with van der Waals surface area (Å²) in [6.07, 6.45) is -1.97. The lowest BCUT2D eigenvalue weighted by molar-refractivity contribution is -0.138. The number of hydrogen-bond donors (Lipinski definition) is 1. The zero-order valence-electron chi connectivity index (χ0n) is 16.9. The van der Waals surface area contributed by atoms with Gasteiger partial charge in [-0.15, -0.1) is 0 Å². The first-order chi connectivity index (χ1) is 15.8. The summed E-state index contributed by atoms with van der Waals surface area (Å²) in [7, 11) is 0. The maximum Gasteiger partial charge on any atom is 0.418 e. The summed E-state index contributed by atoms with van der Waals surface area (Å²) in [6.45, 7) is -0.721. The average Bonchev–Trinajstić information content (AvgIpc) is 2.82. The quantitative estimate of drug-likeness (QED) is 0.346. The first-order valence-electron chi connectivity index (χ1n) is 9.80. The molecular weight excluding hydrogens is 458 g/mol. The molecule has 0 radical (unpaired) electrons. The average molecular weight is 474 g/mol. The van der Waals surface area contributed by atoms with Gasteiger partial charge in [0.2, 0.25) is 0 Å². The van der Waals surface area contributed by atoms with Gasteiger partial charge < -0.3 is 5.32 Å². The number of benzene rings is 2. The molecule has 0 fully saturated rings. The van der Waals surface area contributed by atoms with E-state index >= 15 is 0 Å². The Hall–Kier alpha value is -3.52. The molecule has 0 saturated carbocycles. The largest absolute Gasteiger partial charge is 0.418 e. The van der Waals surface area contributed by atoms with Crippen molar-refractivity contribution < 1.29 is 22.4 Å². The van der Waals surface area contributed by atoms with Gasteiger partial charge in [0, 0.05) is 23.3 Å². The molecule has 1 amide bonds. The van der Waals surface area contributed by atoms with Gasteiger partial charge in [-0.3, -0.25) is 14.8 Å². The van der Waals surface area contributed by atoms with Gasteiger partial charge in [0.05, 0.1) is 27.8 Å². The van der Waals surface area contributed by atoms with E-state index in [2.05, 4.69) is 15.3 Å². The van der Waals surface area contributed by atoms with Crippen LogP contribution in [0.3, 0.4) is 0 Å². The van der Waals surface area contributed by atoms with E-state index < -0.39 is 30.4 Å². The zero-order valence-corrected chi connectivity index (χ0v) is 17.7. The Balaban J connectivity index is 1.76. The number of carbonyl (C=O) groups is 1. The van der Waals surface area contributed by atoms with Gasteiger partial charge in [-0.1, -0.05) is 41.9 Å². The summed E-state index contributed by atoms with van der Waals surface area (Å²) in [5.74, 6) is -0.628. The predicted octanol–water partition coefficient (Wildman–Crippen LogP) is 6.29. The van der Waals surface area contributed by atoms with Crippen LogP contribution in [0.1, 0.15) is 38.8 Å². The Labute approximate surface area is 191 Å². The zero-order chi connectivity index (χ0) is 23.6. The second kappa shape index (κ2) is 9.15. The summed E-state index contributed by atoms with van der Waals surface area (Å²) < 4.78 is 54.0. The van der Waals surface area contributed by atoms with E-state index in [-0.39, 0.29) is 11.3 Å². The van der Waals surface area contributed by atoms with Crippen molar-refractivity contribution in [1.82, 2.24) is 15.3 Å². The first-order valence-corrected chi connectivity index (χ1v) is 10.2. The van der Waals surface area contributed by atoms with E-state index in [0.29, 0.717) is 27.1 Å². The Kier molecular flexibility index (Phi) is 6.29. The highest BCUT2D eigenvalue weighted by Crippen LogP contribution is 2.35. The van der Waals surface area contributed by atoms with Crippen LogP contribution in [0.2, 0.25) is 5.02 Å². The fraction of sp³-hybridized carbons (Fsp3) is 0.125. The normalized spacial score (nSPS) is 12.5. The standard InChI is InChI=1S/C24H16ClF4N3O/c25-19-9-11-30-20-12-16(7-8-17(19)20)23(33)32-21(15-5-3-14(13-26)4-6-15)22-18(24(27,28)29)2-1-10-31-22/h1-12,21H,13H2,(H,32,33)/t21-/m0/s1. The molecule has 0 bridgehead atoms. The number of alkyl halides is 4. The molecule has 4 rings (SSSR count). The number of nitrogens with one attached hydrogen (secondary N) is 1. The molecular formula is C24H16ClF4N3O. The molecule has 0 saturated heterocycles. The number of rotatable bonds is 5. The number of aromatic nitrogens is 2. The van der Waals surface area contributed by atoms with Crippen LogP contribution >= 0.6 is 11.6 Å². The maximum atomic E-state index is 13.7. The van der Waals surface area contributed by atoms with Crippen molar-refractivity contribution in [3.63, 3.8) is 0 Å². The molecule has 4 nitrogen and oxygen atoms in total. The summed E-state index contributed by atoms with van der Waals surface area (Å²) in [5.41, 5.74) is -0.00447. The highest BCUT2D eigenvalue weighted by atomic mass is 35.5. The number of nitrogens with zero attached hydrogens (tertiary/aromatic N) is 2. The Morgan fingerprint density at radius 2 is 1.76 bits per heavy atom. The van der Waals surface area contributed by atoms with Crippen molar-refractivity contribution in [2.75, 3.05) is 0 Å². The van der Waals surface area contributed by atoms with Gasteiger partial charge in [0.1, 0.15) is 6.67 Å². The smallest absolute Gasteiger partial charge is 0.340 e. The number of halogens is 5.